The summed E-state index contributed by atoms with van der Waals surface area (Å²) in [6.45, 7) is 5.67. The fourth-order valence-electron chi connectivity index (χ4n) is 4.02. The van der Waals surface area contributed by atoms with Crippen LogP contribution in [-0.4, -0.2) is 24.0 Å². The highest BCUT2D eigenvalue weighted by molar-refractivity contribution is 7.97. The number of amides is 1. The van der Waals surface area contributed by atoms with Crippen LogP contribution in [0.25, 0.3) is 0 Å². The van der Waals surface area contributed by atoms with Crippen molar-refractivity contribution in [1.29, 1.82) is 0 Å². The summed E-state index contributed by atoms with van der Waals surface area (Å²) in [5, 5.41) is 9.19. The summed E-state index contributed by atoms with van der Waals surface area (Å²) in [6.07, 6.45) is 5.03. The van der Waals surface area contributed by atoms with Crippen molar-refractivity contribution in [3.63, 3.8) is 0 Å². The number of aromatic nitrogens is 1. The molecule has 1 spiro atoms. The molecule has 1 saturated carbocycles. The molecule has 4 rings (SSSR count). The van der Waals surface area contributed by atoms with Crippen LogP contribution in [0.5, 0.6) is 0 Å². The molecule has 2 aromatic rings. The van der Waals surface area contributed by atoms with E-state index >= 15 is 0 Å². The van der Waals surface area contributed by atoms with E-state index in [0.717, 1.165) is 47.0 Å². The van der Waals surface area contributed by atoms with E-state index in [1.807, 2.05) is 38.1 Å². The number of pyridine rings is 1. The Kier molecular flexibility index (Phi) is 5.29. The lowest BCUT2D eigenvalue weighted by Crippen LogP contribution is -2.36. The van der Waals surface area contributed by atoms with Gasteiger partial charge in [0.05, 0.1) is 16.3 Å². The number of hydrogen-bond donors (Lipinski definition) is 2. The van der Waals surface area contributed by atoms with Gasteiger partial charge in [-0.25, -0.2) is 4.98 Å². The lowest BCUT2D eigenvalue weighted by Gasteiger charge is -2.34. The highest BCUT2D eigenvalue weighted by Crippen LogP contribution is 2.54. The molecule has 5 nitrogen and oxygen atoms in total. The van der Waals surface area contributed by atoms with Crippen LogP contribution in [-0.2, 0) is 0 Å². The van der Waals surface area contributed by atoms with Gasteiger partial charge in [0, 0.05) is 23.7 Å². The summed E-state index contributed by atoms with van der Waals surface area (Å²) in [4.78, 5) is 21.1. The number of piperidine rings is 1. The zero-order valence-electron chi connectivity index (χ0n) is 16.2. The van der Waals surface area contributed by atoms with E-state index in [1.54, 1.807) is 0 Å². The quantitative estimate of drug-likeness (QED) is 0.690. The van der Waals surface area contributed by atoms with Crippen LogP contribution in [0, 0.1) is 19.3 Å². The maximum absolute atomic E-state index is 13.2. The third kappa shape index (κ3) is 3.73. The van der Waals surface area contributed by atoms with Crippen molar-refractivity contribution in [2.24, 2.45) is 10.6 Å². The molecule has 2 aliphatic rings. The summed E-state index contributed by atoms with van der Waals surface area (Å²) < 4.78 is 0. The maximum atomic E-state index is 13.2. The molecular weight excluding hydrogens is 392 g/mol. The molecule has 0 unspecified atom stereocenters. The van der Waals surface area contributed by atoms with Crippen LogP contribution in [0.15, 0.2) is 29.2 Å². The van der Waals surface area contributed by atoms with Crippen molar-refractivity contribution in [1.82, 2.24) is 4.98 Å². The van der Waals surface area contributed by atoms with Gasteiger partial charge in [-0.15, -0.1) is 0 Å². The molecule has 2 heterocycles. The van der Waals surface area contributed by atoms with Crippen LogP contribution in [0.3, 0.4) is 0 Å². The number of aryl methyl sites for hydroxylation is 1. The number of carbonyl (C=O) groups is 1. The van der Waals surface area contributed by atoms with Crippen molar-refractivity contribution < 1.29 is 4.79 Å². The van der Waals surface area contributed by atoms with Crippen molar-refractivity contribution >= 4 is 41.0 Å². The third-order valence-electron chi connectivity index (χ3n) is 6.05. The molecule has 7 heteroatoms. The summed E-state index contributed by atoms with van der Waals surface area (Å²) in [5.74, 6) is 0.560. The SMILES string of the molecule is Cc1nc(N2CCC3(CC2)CC3)c(C(=O)Nc2cccc(SN)c2)c(C)c1Cl. The zero-order chi connectivity index (χ0) is 19.9. The van der Waals surface area contributed by atoms with E-state index in [0.29, 0.717) is 21.7 Å². The maximum Gasteiger partial charge on any atom is 0.259 e. The van der Waals surface area contributed by atoms with Gasteiger partial charge in [-0.3, -0.25) is 9.93 Å². The average molecular weight is 417 g/mol. The molecule has 0 radical (unpaired) electrons. The van der Waals surface area contributed by atoms with Gasteiger partial charge in [-0.2, -0.15) is 0 Å². The first kappa shape index (κ1) is 19.6. The van der Waals surface area contributed by atoms with E-state index in [9.17, 15) is 4.79 Å². The second kappa shape index (κ2) is 7.58. The molecule has 0 bridgehead atoms. The van der Waals surface area contributed by atoms with Gasteiger partial charge in [0.2, 0.25) is 0 Å². The number of nitrogens with two attached hydrogens (primary N) is 1. The van der Waals surface area contributed by atoms with Crippen molar-refractivity contribution in [3.05, 3.63) is 46.1 Å². The number of carbonyl (C=O) groups excluding carboxylic acids is 1. The Bertz CT molecular complexity index is 919. The first-order chi connectivity index (χ1) is 13.4. The topological polar surface area (TPSA) is 71.2 Å². The predicted octanol–water partition coefficient (Wildman–Crippen LogP) is 4.95. The fourth-order valence-corrected chi connectivity index (χ4v) is 4.51. The Balaban J connectivity index is 1.66. The summed E-state index contributed by atoms with van der Waals surface area (Å²) in [6, 6.07) is 7.49. The minimum Gasteiger partial charge on any atom is -0.356 e. The molecule has 28 heavy (non-hydrogen) atoms. The molecular formula is C21H25ClN4OS. The highest BCUT2D eigenvalue weighted by Gasteiger charge is 2.45. The lowest BCUT2D eigenvalue weighted by molar-refractivity contribution is 0.102. The van der Waals surface area contributed by atoms with Gasteiger partial charge in [0.25, 0.3) is 5.91 Å². The van der Waals surface area contributed by atoms with Gasteiger partial charge in [-0.05, 0) is 80.7 Å². The Labute approximate surface area is 175 Å². The second-order valence-electron chi connectivity index (χ2n) is 7.92. The minimum absolute atomic E-state index is 0.187. The van der Waals surface area contributed by atoms with Crippen LogP contribution < -0.4 is 15.4 Å². The Hall–Kier alpha value is -1.76. The number of nitrogens with zero attached hydrogens (tertiary/aromatic N) is 2. The third-order valence-corrected chi connectivity index (χ3v) is 7.14. The summed E-state index contributed by atoms with van der Waals surface area (Å²) in [7, 11) is 0. The highest BCUT2D eigenvalue weighted by atomic mass is 35.5. The molecule has 2 fully saturated rings. The number of anilines is 2. The number of halogens is 1. The smallest absolute Gasteiger partial charge is 0.259 e. The minimum atomic E-state index is -0.187. The Morgan fingerprint density at radius 3 is 2.61 bits per heavy atom. The van der Waals surface area contributed by atoms with E-state index in [1.165, 1.54) is 25.7 Å². The second-order valence-corrected chi connectivity index (χ2v) is 9.01. The molecule has 1 saturated heterocycles. The van der Waals surface area contributed by atoms with Crippen molar-refractivity contribution in [2.75, 3.05) is 23.3 Å². The van der Waals surface area contributed by atoms with Crippen molar-refractivity contribution in [3.8, 4) is 0 Å². The van der Waals surface area contributed by atoms with Crippen LogP contribution in [0.2, 0.25) is 5.02 Å². The molecule has 1 aromatic heterocycles. The lowest BCUT2D eigenvalue weighted by atomic mass is 9.93. The van der Waals surface area contributed by atoms with Crippen LogP contribution in [0.1, 0.15) is 47.3 Å². The van der Waals surface area contributed by atoms with Crippen LogP contribution in [0.4, 0.5) is 11.5 Å². The van der Waals surface area contributed by atoms with E-state index < -0.39 is 0 Å². The molecule has 3 N–H and O–H groups in total. The fraction of sp³-hybridized carbons (Fsp3) is 0.429. The van der Waals surface area contributed by atoms with E-state index in [2.05, 4.69) is 10.2 Å². The van der Waals surface area contributed by atoms with E-state index in [-0.39, 0.29) is 5.91 Å². The van der Waals surface area contributed by atoms with Gasteiger partial charge in [-0.1, -0.05) is 17.7 Å². The number of hydrogen-bond acceptors (Lipinski definition) is 5. The Morgan fingerprint density at radius 2 is 1.96 bits per heavy atom. The normalized spacial score (nSPS) is 17.6. The number of benzene rings is 1. The van der Waals surface area contributed by atoms with Crippen molar-refractivity contribution in [2.45, 2.75) is 44.4 Å². The molecule has 148 valence electrons. The molecule has 1 aliphatic carbocycles. The molecule has 1 amide bonds. The standard InChI is InChI=1S/C21H25ClN4OS/c1-13-17(20(27)25-15-4-3-5-16(12-15)28-23)19(24-14(2)18(13)22)26-10-8-21(6-7-21)9-11-26/h3-5,12H,6-11,23H2,1-2H3,(H,25,27). The average Bonchev–Trinajstić information content (AvgIpc) is 3.45. The zero-order valence-corrected chi connectivity index (χ0v) is 17.8. The number of rotatable bonds is 4. The summed E-state index contributed by atoms with van der Waals surface area (Å²) >= 11 is 7.61. The first-order valence-electron chi connectivity index (χ1n) is 9.62. The summed E-state index contributed by atoms with van der Waals surface area (Å²) in [5.41, 5.74) is 3.37. The van der Waals surface area contributed by atoms with Crippen LogP contribution >= 0.6 is 23.5 Å². The van der Waals surface area contributed by atoms with Gasteiger partial charge in [0.1, 0.15) is 5.82 Å². The van der Waals surface area contributed by atoms with E-state index in [4.69, 9.17) is 21.7 Å². The van der Waals surface area contributed by atoms with Gasteiger partial charge < -0.3 is 10.2 Å². The van der Waals surface area contributed by atoms with Gasteiger partial charge in [0.15, 0.2) is 0 Å². The Morgan fingerprint density at radius 1 is 1.25 bits per heavy atom. The number of nitrogens with one attached hydrogen (secondary N) is 1. The monoisotopic (exact) mass is 416 g/mol. The molecule has 1 aromatic carbocycles. The predicted molar refractivity (Wildman–Crippen MR) is 116 cm³/mol. The van der Waals surface area contributed by atoms with Gasteiger partial charge >= 0.3 is 0 Å². The molecule has 1 aliphatic heterocycles. The largest absolute Gasteiger partial charge is 0.356 e. The first-order valence-corrected chi connectivity index (χ1v) is 10.9. The molecule has 0 atom stereocenters.